The molecule has 2 N–H and O–H groups in total. The van der Waals surface area contributed by atoms with E-state index in [-0.39, 0.29) is 23.5 Å². The van der Waals surface area contributed by atoms with E-state index in [1.165, 1.54) is 4.90 Å². The van der Waals surface area contributed by atoms with Crippen LogP contribution in [0.3, 0.4) is 0 Å². The molecule has 0 spiro atoms. The molecule has 0 bridgehead atoms. The zero-order valence-corrected chi connectivity index (χ0v) is 14.9. The quantitative estimate of drug-likeness (QED) is 0.629. The first-order valence-electron chi connectivity index (χ1n) is 8.89. The number of carbonyl (C=O) groups excluding carboxylic acids is 1. The van der Waals surface area contributed by atoms with Crippen molar-refractivity contribution in [3.63, 3.8) is 0 Å². The van der Waals surface area contributed by atoms with Crippen LogP contribution < -0.4 is 5.73 Å². The van der Waals surface area contributed by atoms with Gasteiger partial charge in [0.15, 0.2) is 11.6 Å². The summed E-state index contributed by atoms with van der Waals surface area (Å²) in [5.41, 5.74) is 5.92. The first-order valence-corrected chi connectivity index (χ1v) is 8.89. The number of carbonyl (C=O) groups is 1. The summed E-state index contributed by atoms with van der Waals surface area (Å²) in [6, 6.07) is 3.59. The van der Waals surface area contributed by atoms with E-state index in [1.807, 2.05) is 0 Å². The standard InChI is InChI=1S/C20H19F5N2O/c21-13-1-2-14(16(23)9-13)20(28)27-5-3-11(4-6-27)19(26)8-12-7-17(24)18(25)10-15(12)22/h1-2,7,9-11,19H,3-6,8,26H2/t19-/m1/s1. The molecule has 1 atom stereocenters. The van der Waals surface area contributed by atoms with Crippen LogP contribution in [-0.4, -0.2) is 29.9 Å². The van der Waals surface area contributed by atoms with Crippen molar-refractivity contribution in [2.24, 2.45) is 11.7 Å². The molecule has 0 saturated carbocycles. The van der Waals surface area contributed by atoms with Gasteiger partial charge in [-0.05, 0) is 48.9 Å². The molecule has 28 heavy (non-hydrogen) atoms. The second-order valence-electron chi connectivity index (χ2n) is 6.98. The Morgan fingerprint density at radius 1 is 0.964 bits per heavy atom. The number of benzene rings is 2. The Balaban J connectivity index is 1.60. The number of nitrogens with zero attached hydrogens (tertiary/aromatic N) is 1. The average molecular weight is 398 g/mol. The lowest BCUT2D eigenvalue weighted by Crippen LogP contribution is -2.44. The van der Waals surface area contributed by atoms with Crippen molar-refractivity contribution < 1.29 is 26.7 Å². The normalized spacial score (nSPS) is 16.3. The van der Waals surface area contributed by atoms with Crippen LogP contribution in [0.1, 0.15) is 28.8 Å². The Hall–Kier alpha value is -2.48. The summed E-state index contributed by atoms with van der Waals surface area (Å²) in [6.07, 6.45) is 1.04. The van der Waals surface area contributed by atoms with Crippen LogP contribution in [0.15, 0.2) is 30.3 Å². The number of halogens is 5. The van der Waals surface area contributed by atoms with E-state index in [0.717, 1.165) is 18.2 Å². The van der Waals surface area contributed by atoms with Crippen LogP contribution in [0.5, 0.6) is 0 Å². The number of piperidine rings is 1. The van der Waals surface area contributed by atoms with Gasteiger partial charge < -0.3 is 10.6 Å². The molecule has 1 fully saturated rings. The van der Waals surface area contributed by atoms with Crippen molar-refractivity contribution in [1.82, 2.24) is 4.90 Å². The monoisotopic (exact) mass is 398 g/mol. The molecular formula is C20H19F5N2O. The zero-order chi connectivity index (χ0) is 20.4. The average Bonchev–Trinajstić information content (AvgIpc) is 2.65. The van der Waals surface area contributed by atoms with Crippen molar-refractivity contribution in [3.05, 3.63) is 70.5 Å². The molecule has 0 aromatic heterocycles. The highest BCUT2D eigenvalue weighted by molar-refractivity contribution is 5.94. The summed E-state index contributed by atoms with van der Waals surface area (Å²) in [5, 5.41) is 0. The fourth-order valence-corrected chi connectivity index (χ4v) is 3.50. The van der Waals surface area contributed by atoms with Gasteiger partial charge in [-0.2, -0.15) is 0 Å². The van der Waals surface area contributed by atoms with Gasteiger partial charge >= 0.3 is 0 Å². The molecular weight excluding hydrogens is 379 g/mol. The molecule has 1 aliphatic heterocycles. The molecule has 2 aromatic rings. The molecule has 0 radical (unpaired) electrons. The highest BCUT2D eigenvalue weighted by Gasteiger charge is 2.29. The third-order valence-electron chi connectivity index (χ3n) is 5.14. The molecule has 0 aliphatic carbocycles. The summed E-state index contributed by atoms with van der Waals surface area (Å²) in [6.45, 7) is 0.628. The fourth-order valence-electron chi connectivity index (χ4n) is 3.50. The first kappa shape index (κ1) is 20.3. The lowest BCUT2D eigenvalue weighted by molar-refractivity contribution is 0.0673. The summed E-state index contributed by atoms with van der Waals surface area (Å²) in [4.78, 5) is 13.9. The Bertz CT molecular complexity index is 881. The minimum absolute atomic E-state index is 0.00158. The van der Waals surface area contributed by atoms with Gasteiger partial charge in [0.1, 0.15) is 17.5 Å². The van der Waals surface area contributed by atoms with Crippen molar-refractivity contribution in [2.75, 3.05) is 13.1 Å². The molecule has 3 nitrogen and oxygen atoms in total. The summed E-state index contributed by atoms with van der Waals surface area (Å²) in [7, 11) is 0. The third-order valence-corrected chi connectivity index (χ3v) is 5.14. The van der Waals surface area contributed by atoms with Crippen LogP contribution >= 0.6 is 0 Å². The van der Waals surface area contributed by atoms with Gasteiger partial charge in [0.25, 0.3) is 5.91 Å². The molecule has 1 heterocycles. The lowest BCUT2D eigenvalue weighted by Gasteiger charge is -2.35. The number of likely N-dealkylation sites (tertiary alicyclic amines) is 1. The van der Waals surface area contributed by atoms with Gasteiger partial charge in [0.2, 0.25) is 0 Å². The van der Waals surface area contributed by atoms with E-state index in [9.17, 15) is 26.7 Å². The van der Waals surface area contributed by atoms with Crippen molar-refractivity contribution >= 4 is 5.91 Å². The van der Waals surface area contributed by atoms with E-state index in [2.05, 4.69) is 0 Å². The van der Waals surface area contributed by atoms with Crippen LogP contribution in [-0.2, 0) is 6.42 Å². The SMILES string of the molecule is N[C@H](Cc1cc(F)c(F)cc1F)C1CCN(C(=O)c2ccc(F)cc2F)CC1. The van der Waals surface area contributed by atoms with E-state index in [1.54, 1.807) is 0 Å². The largest absolute Gasteiger partial charge is 0.339 e. The molecule has 0 unspecified atom stereocenters. The highest BCUT2D eigenvalue weighted by atomic mass is 19.2. The predicted octanol–water partition coefficient (Wildman–Crippen LogP) is 3.80. The van der Waals surface area contributed by atoms with Gasteiger partial charge in [0.05, 0.1) is 5.56 Å². The van der Waals surface area contributed by atoms with Crippen LogP contribution in [0.2, 0.25) is 0 Å². The second kappa shape index (κ2) is 8.26. The van der Waals surface area contributed by atoms with Gasteiger partial charge in [-0.15, -0.1) is 0 Å². The maximum atomic E-state index is 13.8. The van der Waals surface area contributed by atoms with E-state index in [0.29, 0.717) is 38.1 Å². The Morgan fingerprint density at radius 2 is 1.61 bits per heavy atom. The molecule has 1 amide bonds. The summed E-state index contributed by atoms with van der Waals surface area (Å²) < 4.78 is 67.0. The second-order valence-corrected chi connectivity index (χ2v) is 6.98. The maximum absolute atomic E-state index is 13.8. The molecule has 3 rings (SSSR count). The molecule has 1 saturated heterocycles. The Labute approximate surface area is 158 Å². The van der Waals surface area contributed by atoms with Crippen LogP contribution in [0, 0.1) is 35.0 Å². The highest BCUT2D eigenvalue weighted by Crippen LogP contribution is 2.25. The van der Waals surface area contributed by atoms with Gasteiger partial charge in [-0.1, -0.05) is 0 Å². The minimum atomic E-state index is -1.25. The number of rotatable bonds is 4. The molecule has 8 heteroatoms. The van der Waals surface area contributed by atoms with Gasteiger partial charge in [-0.25, -0.2) is 22.0 Å². The lowest BCUT2D eigenvalue weighted by atomic mass is 9.86. The number of hydrogen-bond acceptors (Lipinski definition) is 2. The van der Waals surface area contributed by atoms with Crippen LogP contribution in [0.25, 0.3) is 0 Å². The van der Waals surface area contributed by atoms with Crippen molar-refractivity contribution in [2.45, 2.75) is 25.3 Å². The number of hydrogen-bond donors (Lipinski definition) is 1. The van der Waals surface area contributed by atoms with Crippen molar-refractivity contribution in [1.29, 1.82) is 0 Å². The fraction of sp³-hybridized carbons (Fsp3) is 0.350. The molecule has 1 aliphatic rings. The smallest absolute Gasteiger partial charge is 0.256 e. The molecule has 150 valence electrons. The summed E-state index contributed by atoms with van der Waals surface area (Å²) >= 11 is 0. The van der Waals surface area contributed by atoms with Gasteiger partial charge in [0, 0.05) is 31.3 Å². The van der Waals surface area contributed by atoms with Crippen molar-refractivity contribution in [3.8, 4) is 0 Å². The van der Waals surface area contributed by atoms with E-state index >= 15 is 0 Å². The number of nitrogens with two attached hydrogens (primary N) is 1. The molecule has 2 aromatic carbocycles. The van der Waals surface area contributed by atoms with E-state index < -0.39 is 41.0 Å². The topological polar surface area (TPSA) is 46.3 Å². The summed E-state index contributed by atoms with van der Waals surface area (Å²) in [5.74, 6) is -5.51. The first-order chi connectivity index (χ1) is 13.3. The van der Waals surface area contributed by atoms with E-state index in [4.69, 9.17) is 5.73 Å². The zero-order valence-electron chi connectivity index (χ0n) is 14.9. The maximum Gasteiger partial charge on any atom is 0.256 e. The number of amides is 1. The van der Waals surface area contributed by atoms with Crippen LogP contribution in [0.4, 0.5) is 22.0 Å². The third kappa shape index (κ3) is 4.32. The van der Waals surface area contributed by atoms with Gasteiger partial charge in [-0.3, -0.25) is 4.79 Å². The Morgan fingerprint density at radius 3 is 2.25 bits per heavy atom. The predicted molar refractivity (Wildman–Crippen MR) is 93.0 cm³/mol. The Kier molecular flexibility index (Phi) is 5.98. The minimum Gasteiger partial charge on any atom is -0.339 e.